The largest absolute Gasteiger partial charge is 0.339 e. The molecule has 1 amide bonds. The second-order valence-corrected chi connectivity index (χ2v) is 7.10. The van der Waals surface area contributed by atoms with E-state index in [1.807, 2.05) is 64.0 Å². The van der Waals surface area contributed by atoms with Crippen molar-refractivity contribution in [3.05, 3.63) is 72.2 Å². The summed E-state index contributed by atoms with van der Waals surface area (Å²) in [6, 6.07) is 15.5. The number of amides is 1. The molecule has 0 spiro atoms. The Morgan fingerprint density at radius 3 is 2.52 bits per heavy atom. The first-order valence-electron chi connectivity index (χ1n) is 9.42. The van der Waals surface area contributed by atoms with Gasteiger partial charge in [0, 0.05) is 45.1 Å². The Morgan fingerprint density at radius 2 is 1.78 bits per heavy atom. The normalized spacial score (nSPS) is 16.6. The Morgan fingerprint density at radius 1 is 1.04 bits per heavy atom. The predicted octanol–water partition coefficient (Wildman–Crippen LogP) is 1.55. The summed E-state index contributed by atoms with van der Waals surface area (Å²) in [6.45, 7) is 3.93. The minimum absolute atomic E-state index is 0.0474. The first kappa shape index (κ1) is 17.7. The van der Waals surface area contributed by atoms with Crippen LogP contribution in [0.5, 0.6) is 0 Å². The van der Waals surface area contributed by atoms with E-state index in [2.05, 4.69) is 16.1 Å². The van der Waals surface area contributed by atoms with E-state index in [1.54, 1.807) is 0 Å². The van der Waals surface area contributed by atoms with Crippen LogP contribution in [0, 0.1) is 0 Å². The summed E-state index contributed by atoms with van der Waals surface area (Å²) in [5.41, 5.74) is 9.29. The molecule has 1 saturated heterocycles. The zero-order valence-electron chi connectivity index (χ0n) is 15.4. The molecule has 6 heteroatoms. The number of nitrogens with two attached hydrogens (primary N) is 1. The van der Waals surface area contributed by atoms with E-state index in [1.165, 1.54) is 0 Å². The molecule has 2 N–H and O–H groups in total. The molecule has 3 heterocycles. The summed E-state index contributed by atoms with van der Waals surface area (Å²) in [5, 5.41) is 0. The van der Waals surface area contributed by atoms with E-state index in [9.17, 15) is 4.79 Å². The van der Waals surface area contributed by atoms with Gasteiger partial charge in [0.15, 0.2) is 0 Å². The van der Waals surface area contributed by atoms with Crippen LogP contribution in [0.25, 0.3) is 5.65 Å². The first-order chi connectivity index (χ1) is 13.2. The fourth-order valence-corrected chi connectivity index (χ4v) is 3.61. The summed E-state index contributed by atoms with van der Waals surface area (Å²) in [7, 11) is 0. The van der Waals surface area contributed by atoms with Gasteiger partial charge in [-0.2, -0.15) is 0 Å². The van der Waals surface area contributed by atoms with E-state index in [4.69, 9.17) is 5.73 Å². The third-order valence-electron chi connectivity index (χ3n) is 5.10. The Balaban J connectivity index is 1.29. The third kappa shape index (κ3) is 4.18. The molecule has 2 aromatic heterocycles. The smallest absolute Gasteiger partial charge is 0.239 e. The zero-order valence-corrected chi connectivity index (χ0v) is 15.4. The molecule has 1 fully saturated rings. The minimum atomic E-state index is -0.475. The first-order valence-corrected chi connectivity index (χ1v) is 9.42. The fourth-order valence-electron chi connectivity index (χ4n) is 3.61. The highest BCUT2D eigenvalue weighted by Crippen LogP contribution is 2.11. The van der Waals surface area contributed by atoms with Gasteiger partial charge in [-0.25, -0.2) is 4.98 Å². The van der Waals surface area contributed by atoms with Crippen molar-refractivity contribution >= 4 is 11.6 Å². The van der Waals surface area contributed by atoms with Crippen LogP contribution in [-0.4, -0.2) is 57.3 Å². The van der Waals surface area contributed by atoms with Gasteiger partial charge in [0.2, 0.25) is 5.91 Å². The highest BCUT2D eigenvalue weighted by atomic mass is 16.2. The zero-order chi connectivity index (χ0) is 18.6. The Bertz CT molecular complexity index is 866. The van der Waals surface area contributed by atoms with Crippen molar-refractivity contribution in [3.8, 4) is 0 Å². The highest BCUT2D eigenvalue weighted by molar-refractivity contribution is 5.82. The number of carbonyl (C=O) groups is 1. The van der Waals surface area contributed by atoms with E-state index < -0.39 is 6.04 Å². The molecule has 0 bridgehead atoms. The molecule has 3 aromatic rings. The molecule has 0 saturated carbocycles. The van der Waals surface area contributed by atoms with Crippen LogP contribution in [0.1, 0.15) is 11.3 Å². The number of fused-ring (bicyclic) bond motifs is 1. The fraction of sp³-hybridized carbons (Fsp3) is 0.333. The van der Waals surface area contributed by atoms with Crippen molar-refractivity contribution < 1.29 is 4.79 Å². The molecule has 1 aliphatic rings. The average Bonchev–Trinajstić information content (AvgIpc) is 3.11. The molecule has 6 nitrogen and oxygen atoms in total. The van der Waals surface area contributed by atoms with Gasteiger partial charge in [0.1, 0.15) is 5.65 Å². The SMILES string of the molecule is NC(Cc1ccccc1)C(=O)N1CCN(Cc2cn3ccccc3n2)CC1. The second kappa shape index (κ2) is 7.90. The summed E-state index contributed by atoms with van der Waals surface area (Å²) >= 11 is 0. The second-order valence-electron chi connectivity index (χ2n) is 7.10. The number of carbonyl (C=O) groups excluding carboxylic acids is 1. The van der Waals surface area contributed by atoms with Crippen LogP contribution in [0.2, 0.25) is 0 Å². The van der Waals surface area contributed by atoms with Crippen molar-refractivity contribution in [1.29, 1.82) is 0 Å². The molecule has 1 aromatic carbocycles. The standard InChI is InChI=1S/C21H25N5O/c22-19(14-17-6-2-1-3-7-17)21(27)25-12-10-24(11-13-25)15-18-16-26-9-5-4-8-20(26)23-18/h1-9,16,19H,10-15,22H2. The number of rotatable bonds is 5. The van der Waals surface area contributed by atoms with Crippen LogP contribution < -0.4 is 5.73 Å². The summed E-state index contributed by atoms with van der Waals surface area (Å²) in [6.07, 6.45) is 4.67. The van der Waals surface area contributed by atoms with E-state index >= 15 is 0 Å². The van der Waals surface area contributed by atoms with Crippen molar-refractivity contribution in [2.24, 2.45) is 5.73 Å². The molecule has 140 valence electrons. The third-order valence-corrected chi connectivity index (χ3v) is 5.10. The summed E-state index contributed by atoms with van der Waals surface area (Å²) in [4.78, 5) is 21.5. The van der Waals surface area contributed by atoms with Gasteiger partial charge in [-0.05, 0) is 24.1 Å². The number of nitrogens with zero attached hydrogens (tertiary/aromatic N) is 4. The molecule has 27 heavy (non-hydrogen) atoms. The molecular formula is C21H25N5O. The Hall–Kier alpha value is -2.70. The Labute approximate surface area is 159 Å². The Kier molecular flexibility index (Phi) is 5.18. The molecule has 1 aliphatic heterocycles. The monoisotopic (exact) mass is 363 g/mol. The van der Waals surface area contributed by atoms with Crippen molar-refractivity contribution in [2.75, 3.05) is 26.2 Å². The van der Waals surface area contributed by atoms with Gasteiger partial charge < -0.3 is 15.0 Å². The van der Waals surface area contributed by atoms with E-state index in [0.717, 1.165) is 36.5 Å². The minimum Gasteiger partial charge on any atom is -0.339 e. The van der Waals surface area contributed by atoms with Crippen LogP contribution >= 0.6 is 0 Å². The van der Waals surface area contributed by atoms with Crippen LogP contribution in [0.15, 0.2) is 60.9 Å². The quantitative estimate of drug-likeness (QED) is 0.747. The number of pyridine rings is 1. The topological polar surface area (TPSA) is 66.9 Å². The van der Waals surface area contributed by atoms with Gasteiger partial charge in [-0.1, -0.05) is 36.4 Å². The maximum absolute atomic E-state index is 12.7. The molecule has 0 radical (unpaired) electrons. The summed E-state index contributed by atoms with van der Waals surface area (Å²) in [5.74, 6) is 0.0474. The van der Waals surface area contributed by atoms with Gasteiger partial charge in [0.05, 0.1) is 11.7 Å². The van der Waals surface area contributed by atoms with E-state index in [0.29, 0.717) is 19.5 Å². The van der Waals surface area contributed by atoms with Gasteiger partial charge in [-0.3, -0.25) is 9.69 Å². The molecule has 1 unspecified atom stereocenters. The summed E-state index contributed by atoms with van der Waals surface area (Å²) < 4.78 is 2.04. The van der Waals surface area contributed by atoms with Gasteiger partial charge >= 0.3 is 0 Å². The lowest BCUT2D eigenvalue weighted by Crippen LogP contribution is -2.53. The lowest BCUT2D eigenvalue weighted by atomic mass is 10.1. The highest BCUT2D eigenvalue weighted by Gasteiger charge is 2.25. The van der Waals surface area contributed by atoms with E-state index in [-0.39, 0.29) is 5.91 Å². The molecule has 4 rings (SSSR count). The molecular weight excluding hydrogens is 338 g/mol. The molecule has 1 atom stereocenters. The predicted molar refractivity (Wildman–Crippen MR) is 105 cm³/mol. The van der Waals surface area contributed by atoms with Crippen molar-refractivity contribution in [3.63, 3.8) is 0 Å². The number of hydrogen-bond donors (Lipinski definition) is 1. The maximum atomic E-state index is 12.7. The number of piperazine rings is 1. The van der Waals surface area contributed by atoms with Gasteiger partial charge in [0.25, 0.3) is 0 Å². The lowest BCUT2D eigenvalue weighted by Gasteiger charge is -2.35. The average molecular weight is 363 g/mol. The maximum Gasteiger partial charge on any atom is 0.239 e. The van der Waals surface area contributed by atoms with Crippen LogP contribution in [0.3, 0.4) is 0 Å². The number of aromatic nitrogens is 2. The molecule has 0 aliphatic carbocycles. The van der Waals surface area contributed by atoms with Crippen LogP contribution in [-0.2, 0) is 17.8 Å². The van der Waals surface area contributed by atoms with Crippen molar-refractivity contribution in [1.82, 2.24) is 19.2 Å². The number of hydrogen-bond acceptors (Lipinski definition) is 4. The van der Waals surface area contributed by atoms with Crippen LogP contribution in [0.4, 0.5) is 0 Å². The van der Waals surface area contributed by atoms with Crippen molar-refractivity contribution in [2.45, 2.75) is 19.0 Å². The number of benzene rings is 1. The number of imidazole rings is 1. The van der Waals surface area contributed by atoms with Gasteiger partial charge in [-0.15, -0.1) is 0 Å². The lowest BCUT2D eigenvalue weighted by molar-refractivity contribution is -0.134.